The van der Waals surface area contributed by atoms with E-state index in [1.165, 1.54) is 0 Å². The molecule has 0 saturated carbocycles. The average Bonchev–Trinajstić information content (AvgIpc) is 2.34. The second kappa shape index (κ2) is 7.58. The van der Waals surface area contributed by atoms with Crippen LogP contribution in [0.25, 0.3) is 0 Å². The zero-order valence-corrected chi connectivity index (χ0v) is 11.0. The first-order valence-electron chi connectivity index (χ1n) is 6.33. The molecule has 18 heavy (non-hydrogen) atoms. The topological polar surface area (TPSA) is 58.6 Å². The SMILES string of the molecule is CCCOc1cccc(NC(C)CCC(=O)O)c1. The van der Waals surface area contributed by atoms with Crippen molar-refractivity contribution in [3.8, 4) is 5.75 Å². The second-order valence-corrected chi connectivity index (χ2v) is 4.35. The predicted octanol–water partition coefficient (Wildman–Crippen LogP) is 3.14. The van der Waals surface area contributed by atoms with Crippen LogP contribution in [0.15, 0.2) is 24.3 Å². The van der Waals surface area contributed by atoms with E-state index in [0.29, 0.717) is 13.0 Å². The van der Waals surface area contributed by atoms with Crippen LogP contribution in [0.4, 0.5) is 5.69 Å². The molecule has 100 valence electrons. The molecule has 0 fully saturated rings. The van der Waals surface area contributed by atoms with Gasteiger partial charge < -0.3 is 15.2 Å². The van der Waals surface area contributed by atoms with Gasteiger partial charge in [-0.1, -0.05) is 13.0 Å². The third-order valence-electron chi connectivity index (χ3n) is 2.51. The Kier molecular flexibility index (Phi) is 6.05. The molecule has 0 aliphatic heterocycles. The van der Waals surface area contributed by atoms with Crippen LogP contribution in [-0.4, -0.2) is 23.7 Å². The van der Waals surface area contributed by atoms with E-state index >= 15 is 0 Å². The molecule has 0 saturated heterocycles. The normalized spacial score (nSPS) is 11.9. The standard InChI is InChI=1S/C14H21NO3/c1-3-9-18-13-6-4-5-12(10-13)15-11(2)7-8-14(16)17/h4-6,10-11,15H,3,7-9H2,1-2H3,(H,16,17). The highest BCUT2D eigenvalue weighted by Crippen LogP contribution is 2.19. The first-order chi connectivity index (χ1) is 8.61. The van der Waals surface area contributed by atoms with E-state index in [2.05, 4.69) is 12.2 Å². The van der Waals surface area contributed by atoms with Crippen molar-refractivity contribution in [3.05, 3.63) is 24.3 Å². The van der Waals surface area contributed by atoms with Gasteiger partial charge in [0.05, 0.1) is 6.61 Å². The molecule has 0 amide bonds. The molecule has 0 radical (unpaired) electrons. The summed E-state index contributed by atoms with van der Waals surface area (Å²) in [6.45, 7) is 4.75. The van der Waals surface area contributed by atoms with Gasteiger partial charge >= 0.3 is 5.97 Å². The van der Waals surface area contributed by atoms with Crippen molar-refractivity contribution in [3.63, 3.8) is 0 Å². The Hall–Kier alpha value is -1.71. The molecule has 2 N–H and O–H groups in total. The lowest BCUT2D eigenvalue weighted by atomic mass is 10.1. The van der Waals surface area contributed by atoms with Crippen molar-refractivity contribution in [1.82, 2.24) is 0 Å². The van der Waals surface area contributed by atoms with Gasteiger partial charge in [0, 0.05) is 24.2 Å². The van der Waals surface area contributed by atoms with E-state index in [9.17, 15) is 4.79 Å². The van der Waals surface area contributed by atoms with Crippen molar-refractivity contribution in [2.45, 2.75) is 39.2 Å². The van der Waals surface area contributed by atoms with Crippen LogP contribution in [0.1, 0.15) is 33.1 Å². The van der Waals surface area contributed by atoms with Crippen LogP contribution in [0.5, 0.6) is 5.75 Å². The summed E-state index contributed by atoms with van der Waals surface area (Å²) in [6, 6.07) is 7.87. The molecule has 0 aliphatic carbocycles. The van der Waals surface area contributed by atoms with Crippen LogP contribution >= 0.6 is 0 Å². The summed E-state index contributed by atoms with van der Waals surface area (Å²) in [4.78, 5) is 10.5. The summed E-state index contributed by atoms with van der Waals surface area (Å²) in [6.07, 6.45) is 1.77. The number of carboxylic acids is 1. The fourth-order valence-electron chi connectivity index (χ4n) is 1.59. The molecule has 1 atom stereocenters. The Labute approximate surface area is 108 Å². The maximum Gasteiger partial charge on any atom is 0.303 e. The summed E-state index contributed by atoms with van der Waals surface area (Å²) in [5.41, 5.74) is 0.960. The number of carboxylic acid groups (broad SMARTS) is 1. The first-order valence-corrected chi connectivity index (χ1v) is 6.33. The lowest BCUT2D eigenvalue weighted by Crippen LogP contribution is -2.16. The highest BCUT2D eigenvalue weighted by Gasteiger charge is 2.05. The molecule has 0 heterocycles. The quantitative estimate of drug-likeness (QED) is 0.745. The van der Waals surface area contributed by atoms with Gasteiger partial charge in [-0.3, -0.25) is 4.79 Å². The minimum absolute atomic E-state index is 0.127. The zero-order valence-electron chi connectivity index (χ0n) is 11.0. The number of ether oxygens (including phenoxy) is 1. The monoisotopic (exact) mass is 251 g/mol. The summed E-state index contributed by atoms with van der Waals surface area (Å²) < 4.78 is 5.54. The number of nitrogens with one attached hydrogen (secondary N) is 1. The van der Waals surface area contributed by atoms with Gasteiger partial charge in [0.25, 0.3) is 0 Å². The molecular weight excluding hydrogens is 230 g/mol. The Balaban J connectivity index is 2.47. The summed E-state index contributed by atoms with van der Waals surface area (Å²) in [7, 11) is 0. The molecule has 4 heteroatoms. The van der Waals surface area contributed by atoms with Gasteiger partial charge in [0.2, 0.25) is 0 Å². The van der Waals surface area contributed by atoms with Gasteiger partial charge in [-0.05, 0) is 31.9 Å². The van der Waals surface area contributed by atoms with E-state index in [1.54, 1.807) is 0 Å². The van der Waals surface area contributed by atoms with Crippen molar-refractivity contribution >= 4 is 11.7 Å². The lowest BCUT2D eigenvalue weighted by molar-refractivity contribution is -0.137. The van der Waals surface area contributed by atoms with Crippen LogP contribution in [0.2, 0.25) is 0 Å². The van der Waals surface area contributed by atoms with Gasteiger partial charge in [-0.25, -0.2) is 0 Å². The molecule has 0 aliphatic rings. The Morgan fingerprint density at radius 3 is 2.94 bits per heavy atom. The van der Waals surface area contributed by atoms with E-state index in [0.717, 1.165) is 17.9 Å². The first kappa shape index (κ1) is 14.4. The van der Waals surface area contributed by atoms with Crippen molar-refractivity contribution in [1.29, 1.82) is 0 Å². The second-order valence-electron chi connectivity index (χ2n) is 4.35. The fraction of sp³-hybridized carbons (Fsp3) is 0.500. The van der Waals surface area contributed by atoms with Crippen LogP contribution < -0.4 is 10.1 Å². The van der Waals surface area contributed by atoms with E-state index in [1.807, 2.05) is 31.2 Å². The Morgan fingerprint density at radius 2 is 2.28 bits per heavy atom. The molecule has 1 unspecified atom stereocenters. The third kappa shape index (κ3) is 5.57. The van der Waals surface area contributed by atoms with E-state index in [-0.39, 0.29) is 12.5 Å². The highest BCUT2D eigenvalue weighted by molar-refractivity contribution is 5.66. The summed E-state index contributed by atoms with van der Waals surface area (Å²) in [5, 5.41) is 11.9. The van der Waals surface area contributed by atoms with Crippen LogP contribution in [-0.2, 0) is 4.79 Å². The average molecular weight is 251 g/mol. The Morgan fingerprint density at radius 1 is 1.50 bits per heavy atom. The molecule has 1 aromatic rings. The number of hydrogen-bond donors (Lipinski definition) is 2. The van der Waals surface area contributed by atoms with Gasteiger partial charge in [0.15, 0.2) is 0 Å². The third-order valence-corrected chi connectivity index (χ3v) is 2.51. The molecule has 1 aromatic carbocycles. The maximum atomic E-state index is 10.5. The molecule has 0 spiro atoms. The number of hydrogen-bond acceptors (Lipinski definition) is 3. The number of rotatable bonds is 8. The minimum atomic E-state index is -0.760. The lowest BCUT2D eigenvalue weighted by Gasteiger charge is -2.15. The summed E-state index contributed by atoms with van der Waals surface area (Å²) >= 11 is 0. The molecule has 0 aromatic heterocycles. The summed E-state index contributed by atoms with van der Waals surface area (Å²) in [5.74, 6) is 0.0796. The van der Waals surface area contributed by atoms with E-state index in [4.69, 9.17) is 9.84 Å². The predicted molar refractivity (Wildman–Crippen MR) is 72.2 cm³/mol. The number of aliphatic carboxylic acids is 1. The van der Waals surface area contributed by atoms with Crippen LogP contribution in [0, 0.1) is 0 Å². The van der Waals surface area contributed by atoms with Crippen LogP contribution in [0.3, 0.4) is 0 Å². The molecule has 1 rings (SSSR count). The minimum Gasteiger partial charge on any atom is -0.494 e. The largest absolute Gasteiger partial charge is 0.494 e. The van der Waals surface area contributed by atoms with E-state index < -0.39 is 5.97 Å². The Bertz CT molecular complexity index is 379. The highest BCUT2D eigenvalue weighted by atomic mass is 16.5. The number of benzene rings is 1. The van der Waals surface area contributed by atoms with Crippen molar-refractivity contribution < 1.29 is 14.6 Å². The van der Waals surface area contributed by atoms with Gasteiger partial charge in [0.1, 0.15) is 5.75 Å². The number of carbonyl (C=O) groups is 1. The smallest absolute Gasteiger partial charge is 0.303 e. The molecule has 4 nitrogen and oxygen atoms in total. The van der Waals surface area contributed by atoms with Gasteiger partial charge in [-0.15, -0.1) is 0 Å². The van der Waals surface area contributed by atoms with Crippen molar-refractivity contribution in [2.24, 2.45) is 0 Å². The molecular formula is C14H21NO3. The molecule has 0 bridgehead atoms. The maximum absolute atomic E-state index is 10.5. The number of anilines is 1. The van der Waals surface area contributed by atoms with Crippen molar-refractivity contribution in [2.75, 3.05) is 11.9 Å². The fourth-order valence-corrected chi connectivity index (χ4v) is 1.59. The van der Waals surface area contributed by atoms with Gasteiger partial charge in [-0.2, -0.15) is 0 Å². The zero-order chi connectivity index (χ0) is 13.4.